The number of nitrogen functional groups attached to an aromatic ring is 1. The second kappa shape index (κ2) is 12.1. The number of nitrogens with zero attached hydrogens (tertiary/aromatic N) is 3. The van der Waals surface area contributed by atoms with Crippen molar-refractivity contribution in [2.24, 2.45) is 0 Å². The molecule has 1 amide bonds. The average Bonchev–Trinajstić information content (AvgIpc) is 3.45. The Labute approximate surface area is 213 Å². The lowest BCUT2D eigenvalue weighted by Gasteiger charge is -2.28. The Bertz CT molecular complexity index is 998. The zero-order valence-electron chi connectivity index (χ0n) is 22.1. The first-order valence-electron chi connectivity index (χ1n) is 12.7. The van der Waals surface area contributed by atoms with Crippen molar-refractivity contribution in [1.82, 2.24) is 14.5 Å². The van der Waals surface area contributed by atoms with Gasteiger partial charge in [0.15, 0.2) is 0 Å². The van der Waals surface area contributed by atoms with Crippen LogP contribution in [0.1, 0.15) is 72.3 Å². The molecule has 0 aliphatic carbocycles. The van der Waals surface area contributed by atoms with Gasteiger partial charge in [0.1, 0.15) is 41.1 Å². The Hall–Kier alpha value is -3.23. The Morgan fingerprint density at radius 3 is 2.42 bits per heavy atom. The first kappa shape index (κ1) is 27.4. The second-order valence-electron chi connectivity index (χ2n) is 10.3. The Morgan fingerprint density at radius 2 is 1.83 bits per heavy atom. The molecule has 198 valence electrons. The average molecular weight is 501 g/mol. The second-order valence-corrected chi connectivity index (χ2v) is 10.3. The molecule has 2 aromatic rings. The van der Waals surface area contributed by atoms with Crippen LogP contribution in [0.2, 0.25) is 0 Å². The largest absolute Gasteiger partial charge is 0.488 e. The third kappa shape index (κ3) is 7.38. The van der Waals surface area contributed by atoms with Crippen LogP contribution in [0.25, 0.3) is 0 Å². The van der Waals surface area contributed by atoms with Crippen LogP contribution in [0.3, 0.4) is 0 Å². The number of rotatable bonds is 11. The van der Waals surface area contributed by atoms with Crippen LogP contribution in [0, 0.1) is 0 Å². The number of likely N-dealkylation sites (tertiary alicyclic amines) is 1. The normalized spacial score (nSPS) is 18.6. The van der Waals surface area contributed by atoms with Crippen molar-refractivity contribution >= 4 is 17.7 Å². The fourth-order valence-corrected chi connectivity index (χ4v) is 4.50. The first-order valence-corrected chi connectivity index (χ1v) is 12.7. The van der Waals surface area contributed by atoms with E-state index < -0.39 is 18.1 Å². The lowest BCUT2D eigenvalue weighted by Crippen LogP contribution is -2.44. The minimum Gasteiger partial charge on any atom is -0.488 e. The number of aromatic nitrogens is 2. The number of hydrogen-bond acceptors (Lipinski definition) is 7. The standard InChI is InChI=1S/C27H40N4O5/c1-6-7-8-9-10-22(30-17-24(28)29-18-30)25(32)31-16-21(15-23(31)26(33)34-5)35-19-11-13-20(14-12-19)36-27(2,3)4/h11-14,17-18,21-23H,6-10,15-16,28H2,1-5H3/t21-,22+,23-/m0/s1. The van der Waals surface area contributed by atoms with Gasteiger partial charge in [0.05, 0.1) is 20.0 Å². The van der Waals surface area contributed by atoms with E-state index in [4.69, 9.17) is 19.9 Å². The highest BCUT2D eigenvalue weighted by Gasteiger charge is 2.43. The highest BCUT2D eigenvalue weighted by molar-refractivity contribution is 5.87. The molecule has 0 unspecified atom stereocenters. The molecule has 1 aromatic carbocycles. The number of carbonyl (C=O) groups is 2. The summed E-state index contributed by atoms with van der Waals surface area (Å²) in [6.45, 7) is 8.40. The van der Waals surface area contributed by atoms with Gasteiger partial charge in [-0.05, 0) is 51.5 Å². The number of anilines is 1. The van der Waals surface area contributed by atoms with Gasteiger partial charge in [0.25, 0.3) is 0 Å². The van der Waals surface area contributed by atoms with Crippen LogP contribution >= 0.6 is 0 Å². The molecule has 1 aliphatic rings. The molecule has 0 saturated carbocycles. The molecule has 2 N–H and O–H groups in total. The maximum Gasteiger partial charge on any atom is 0.328 e. The summed E-state index contributed by atoms with van der Waals surface area (Å²) in [4.78, 5) is 32.1. The molecular formula is C27H40N4O5. The van der Waals surface area contributed by atoms with Crippen molar-refractivity contribution in [3.63, 3.8) is 0 Å². The van der Waals surface area contributed by atoms with E-state index in [9.17, 15) is 9.59 Å². The zero-order valence-corrected chi connectivity index (χ0v) is 22.1. The lowest BCUT2D eigenvalue weighted by molar-refractivity contribution is -0.152. The number of hydrogen-bond donors (Lipinski definition) is 1. The molecule has 3 atom stereocenters. The van der Waals surface area contributed by atoms with E-state index in [-0.39, 0.29) is 24.2 Å². The summed E-state index contributed by atoms with van der Waals surface area (Å²) in [5.74, 6) is 1.15. The number of methoxy groups -OCH3 is 1. The topological polar surface area (TPSA) is 109 Å². The van der Waals surface area contributed by atoms with E-state index in [0.717, 1.165) is 31.4 Å². The van der Waals surface area contributed by atoms with Crippen LogP contribution in [0.15, 0.2) is 36.8 Å². The van der Waals surface area contributed by atoms with E-state index in [1.807, 2.05) is 45.0 Å². The molecule has 0 radical (unpaired) electrons. The number of imidazole rings is 1. The Morgan fingerprint density at radius 1 is 1.14 bits per heavy atom. The van der Waals surface area contributed by atoms with Gasteiger partial charge in [0.2, 0.25) is 5.91 Å². The van der Waals surface area contributed by atoms with Gasteiger partial charge in [-0.3, -0.25) is 4.79 Å². The quantitative estimate of drug-likeness (QED) is 0.360. The third-order valence-corrected chi connectivity index (χ3v) is 6.17. The van der Waals surface area contributed by atoms with Crippen molar-refractivity contribution in [2.75, 3.05) is 19.4 Å². The van der Waals surface area contributed by atoms with E-state index in [0.29, 0.717) is 24.4 Å². The highest BCUT2D eigenvalue weighted by atomic mass is 16.5. The van der Waals surface area contributed by atoms with Gasteiger partial charge >= 0.3 is 5.97 Å². The molecule has 9 nitrogen and oxygen atoms in total. The van der Waals surface area contributed by atoms with Gasteiger partial charge in [-0.2, -0.15) is 0 Å². The molecule has 1 aliphatic heterocycles. The van der Waals surface area contributed by atoms with Crippen molar-refractivity contribution in [3.05, 3.63) is 36.8 Å². The molecule has 1 saturated heterocycles. The monoisotopic (exact) mass is 500 g/mol. The SMILES string of the molecule is CCCCCC[C@H](C(=O)N1C[C@@H](Oc2ccc(OC(C)(C)C)cc2)C[C@H]1C(=O)OC)n1cnc(N)c1. The van der Waals surface area contributed by atoms with Crippen LogP contribution in [0.5, 0.6) is 11.5 Å². The van der Waals surface area contributed by atoms with Gasteiger partial charge in [-0.1, -0.05) is 32.6 Å². The van der Waals surface area contributed by atoms with Crippen molar-refractivity contribution in [1.29, 1.82) is 0 Å². The van der Waals surface area contributed by atoms with Gasteiger partial charge in [0, 0.05) is 12.6 Å². The summed E-state index contributed by atoms with van der Waals surface area (Å²) in [5.41, 5.74) is 5.54. The number of nitrogens with two attached hydrogens (primary N) is 1. The predicted octanol–water partition coefficient (Wildman–Crippen LogP) is 4.38. The number of carbonyl (C=O) groups excluding carboxylic acids is 2. The van der Waals surface area contributed by atoms with E-state index >= 15 is 0 Å². The molecule has 36 heavy (non-hydrogen) atoms. The molecule has 1 fully saturated rings. The molecule has 9 heteroatoms. The number of amides is 1. The molecular weight excluding hydrogens is 460 g/mol. The summed E-state index contributed by atoms with van der Waals surface area (Å²) in [7, 11) is 1.34. The maximum absolute atomic E-state index is 13.8. The maximum atomic E-state index is 13.8. The fourth-order valence-electron chi connectivity index (χ4n) is 4.50. The van der Waals surface area contributed by atoms with E-state index in [2.05, 4.69) is 11.9 Å². The fraction of sp³-hybridized carbons (Fsp3) is 0.593. The van der Waals surface area contributed by atoms with Crippen LogP contribution in [-0.2, 0) is 14.3 Å². The number of unbranched alkanes of at least 4 members (excludes halogenated alkanes) is 3. The molecule has 3 rings (SSSR count). The zero-order chi connectivity index (χ0) is 26.3. The summed E-state index contributed by atoms with van der Waals surface area (Å²) in [6, 6.07) is 6.17. The van der Waals surface area contributed by atoms with Crippen LogP contribution < -0.4 is 15.2 Å². The number of ether oxygens (including phenoxy) is 3. The highest BCUT2D eigenvalue weighted by Crippen LogP contribution is 2.30. The minimum atomic E-state index is -0.713. The summed E-state index contributed by atoms with van der Waals surface area (Å²) >= 11 is 0. The van der Waals surface area contributed by atoms with Crippen molar-refractivity contribution < 1.29 is 23.8 Å². The number of benzene rings is 1. The summed E-state index contributed by atoms with van der Waals surface area (Å²) < 4.78 is 18.8. The molecule has 0 bridgehead atoms. The smallest absolute Gasteiger partial charge is 0.328 e. The molecule has 2 heterocycles. The molecule has 0 spiro atoms. The van der Waals surface area contributed by atoms with E-state index in [1.54, 1.807) is 22.0 Å². The van der Waals surface area contributed by atoms with E-state index in [1.165, 1.54) is 7.11 Å². The van der Waals surface area contributed by atoms with Crippen molar-refractivity contribution in [3.8, 4) is 11.5 Å². The Balaban J connectivity index is 1.74. The van der Waals surface area contributed by atoms with Gasteiger partial charge < -0.3 is 29.4 Å². The molecule has 1 aromatic heterocycles. The number of esters is 1. The third-order valence-electron chi connectivity index (χ3n) is 6.17. The lowest BCUT2D eigenvalue weighted by atomic mass is 10.1. The summed E-state index contributed by atoms with van der Waals surface area (Å²) in [5, 5.41) is 0. The van der Waals surface area contributed by atoms with Gasteiger partial charge in [-0.15, -0.1) is 0 Å². The van der Waals surface area contributed by atoms with Crippen LogP contribution in [0.4, 0.5) is 5.82 Å². The predicted molar refractivity (Wildman–Crippen MR) is 138 cm³/mol. The van der Waals surface area contributed by atoms with Crippen LogP contribution in [-0.4, -0.2) is 57.7 Å². The summed E-state index contributed by atoms with van der Waals surface area (Å²) in [6.07, 6.45) is 8.03. The first-order chi connectivity index (χ1) is 17.1. The van der Waals surface area contributed by atoms with Gasteiger partial charge in [-0.25, -0.2) is 9.78 Å². The Kier molecular flexibility index (Phi) is 9.23. The minimum absolute atomic E-state index is 0.153. The van der Waals surface area contributed by atoms with Crippen molar-refractivity contribution in [2.45, 2.75) is 90.0 Å².